The molecule has 4 N–H and O–H groups in total. The number of hydrogen-bond donors (Lipinski definition) is 4. The molecule has 0 saturated heterocycles. The van der Waals surface area contributed by atoms with Gasteiger partial charge in [0.25, 0.3) is 5.91 Å². The molecule has 0 aliphatic carbocycles. The molecule has 0 aliphatic heterocycles. The maximum absolute atomic E-state index is 12.3. The van der Waals surface area contributed by atoms with Gasteiger partial charge in [-0.1, -0.05) is 18.2 Å². The van der Waals surface area contributed by atoms with Crippen LogP contribution in [0.3, 0.4) is 0 Å². The summed E-state index contributed by atoms with van der Waals surface area (Å²) in [5.74, 6) is 0.0812. The van der Waals surface area contributed by atoms with Crippen LogP contribution < -0.4 is 16.0 Å². The summed E-state index contributed by atoms with van der Waals surface area (Å²) in [6.07, 6.45) is 1.57. The number of aromatic hydroxyl groups is 1. The maximum Gasteiger partial charge on any atom is 0.319 e. The highest BCUT2D eigenvalue weighted by Crippen LogP contribution is 2.17. The fourth-order valence-corrected chi connectivity index (χ4v) is 2.66. The Balaban J connectivity index is 1.89. The normalized spacial score (nSPS) is 11.5. The van der Waals surface area contributed by atoms with E-state index in [4.69, 9.17) is 0 Å². The van der Waals surface area contributed by atoms with Crippen molar-refractivity contribution in [1.29, 1.82) is 0 Å². The van der Waals surface area contributed by atoms with Gasteiger partial charge in [-0.05, 0) is 69.0 Å². The van der Waals surface area contributed by atoms with Crippen molar-refractivity contribution in [2.24, 2.45) is 0 Å². The number of benzene rings is 2. The molecule has 144 valence electrons. The van der Waals surface area contributed by atoms with Crippen LogP contribution in [0, 0.1) is 6.92 Å². The molecule has 0 bridgehead atoms. The minimum Gasteiger partial charge on any atom is -0.508 e. The van der Waals surface area contributed by atoms with Crippen molar-refractivity contribution in [3.63, 3.8) is 0 Å². The lowest BCUT2D eigenvalue weighted by Crippen LogP contribution is -2.36. The third-order valence-corrected chi connectivity index (χ3v) is 4.27. The summed E-state index contributed by atoms with van der Waals surface area (Å²) in [5, 5.41) is 17.8. The smallest absolute Gasteiger partial charge is 0.319 e. The Hall–Kier alpha value is -3.02. The summed E-state index contributed by atoms with van der Waals surface area (Å²) in [6.45, 7) is 6.23. The van der Waals surface area contributed by atoms with Gasteiger partial charge in [0.1, 0.15) is 5.75 Å². The van der Waals surface area contributed by atoms with Gasteiger partial charge in [0.05, 0.1) is 0 Å². The van der Waals surface area contributed by atoms with Gasteiger partial charge < -0.3 is 21.1 Å². The van der Waals surface area contributed by atoms with E-state index in [1.807, 2.05) is 39.0 Å². The second-order valence-corrected chi connectivity index (χ2v) is 6.59. The zero-order valence-electron chi connectivity index (χ0n) is 16.0. The number of nitrogens with one attached hydrogen (secondary N) is 3. The number of rotatable bonds is 7. The highest BCUT2D eigenvalue weighted by Gasteiger charge is 2.11. The molecule has 27 heavy (non-hydrogen) atoms. The number of phenols is 1. The van der Waals surface area contributed by atoms with Gasteiger partial charge in [-0.3, -0.25) is 4.79 Å². The van der Waals surface area contributed by atoms with Crippen LogP contribution in [-0.2, 0) is 6.42 Å². The Morgan fingerprint density at radius 2 is 1.81 bits per heavy atom. The average Bonchev–Trinajstić information content (AvgIpc) is 2.63. The van der Waals surface area contributed by atoms with Gasteiger partial charge in [-0.2, -0.15) is 0 Å². The Kier molecular flexibility index (Phi) is 7.23. The first-order valence-electron chi connectivity index (χ1n) is 9.13. The first kappa shape index (κ1) is 20.3. The van der Waals surface area contributed by atoms with Crippen LogP contribution >= 0.6 is 0 Å². The van der Waals surface area contributed by atoms with Crippen LogP contribution in [0.5, 0.6) is 5.75 Å². The summed E-state index contributed by atoms with van der Waals surface area (Å²) in [7, 11) is 0. The Morgan fingerprint density at radius 1 is 1.11 bits per heavy atom. The van der Waals surface area contributed by atoms with E-state index in [-0.39, 0.29) is 23.7 Å². The topological polar surface area (TPSA) is 90.5 Å². The molecule has 0 saturated carbocycles. The minimum atomic E-state index is -0.302. The lowest BCUT2D eigenvalue weighted by atomic mass is 10.1. The lowest BCUT2D eigenvalue weighted by molar-refractivity contribution is 0.0956. The van der Waals surface area contributed by atoms with Crippen molar-refractivity contribution in [3.05, 3.63) is 59.2 Å². The number of anilines is 1. The molecule has 1 atom stereocenters. The largest absolute Gasteiger partial charge is 0.508 e. The summed E-state index contributed by atoms with van der Waals surface area (Å²) in [5.41, 5.74) is 3.11. The quantitative estimate of drug-likeness (QED) is 0.601. The fraction of sp³-hybridized carbons (Fsp3) is 0.333. The van der Waals surface area contributed by atoms with E-state index in [0.29, 0.717) is 17.8 Å². The van der Waals surface area contributed by atoms with Gasteiger partial charge in [-0.25, -0.2) is 4.79 Å². The van der Waals surface area contributed by atoms with Crippen LogP contribution in [-0.4, -0.2) is 29.6 Å². The summed E-state index contributed by atoms with van der Waals surface area (Å²) < 4.78 is 0. The monoisotopic (exact) mass is 369 g/mol. The van der Waals surface area contributed by atoms with Crippen LogP contribution in [0.2, 0.25) is 0 Å². The number of carbonyl (C=O) groups is 2. The zero-order chi connectivity index (χ0) is 19.8. The molecule has 6 nitrogen and oxygen atoms in total. The number of aryl methyl sites for hydroxylation is 2. The molecule has 0 aromatic heterocycles. The Bertz CT molecular complexity index is 788. The van der Waals surface area contributed by atoms with Gasteiger partial charge >= 0.3 is 6.03 Å². The molecule has 0 unspecified atom stereocenters. The van der Waals surface area contributed by atoms with Crippen molar-refractivity contribution >= 4 is 17.6 Å². The summed E-state index contributed by atoms with van der Waals surface area (Å²) >= 11 is 0. The maximum atomic E-state index is 12.3. The number of amides is 3. The molecule has 0 aliphatic rings. The molecule has 0 heterocycles. The summed E-state index contributed by atoms with van der Waals surface area (Å²) in [6, 6.07) is 12.0. The molecular weight excluding hydrogens is 342 g/mol. The van der Waals surface area contributed by atoms with Crippen molar-refractivity contribution in [1.82, 2.24) is 10.6 Å². The van der Waals surface area contributed by atoms with Crippen LogP contribution in [0.1, 0.15) is 41.8 Å². The predicted molar refractivity (Wildman–Crippen MR) is 107 cm³/mol. The second kappa shape index (κ2) is 9.62. The molecule has 2 aromatic rings. The van der Waals surface area contributed by atoms with Crippen molar-refractivity contribution in [3.8, 4) is 5.75 Å². The number of carbonyl (C=O) groups excluding carboxylic acids is 2. The molecular formula is C21H27N3O3. The van der Waals surface area contributed by atoms with E-state index < -0.39 is 0 Å². The summed E-state index contributed by atoms with van der Waals surface area (Å²) in [4.78, 5) is 24.2. The van der Waals surface area contributed by atoms with E-state index in [1.54, 1.807) is 24.3 Å². The third-order valence-electron chi connectivity index (χ3n) is 4.27. The average molecular weight is 369 g/mol. The standard InChI is InChI=1S/C21H27N3O3/c1-4-22-20(26)17-10-5-14(2)19(13-17)24-21(27)23-15(3)6-7-16-8-11-18(25)12-9-16/h5,8-13,15,25H,4,6-7H2,1-3H3,(H,22,26)(H2,23,24,27)/t15-/m0/s1. The van der Waals surface area contributed by atoms with Crippen LogP contribution in [0.15, 0.2) is 42.5 Å². The minimum absolute atomic E-state index is 0.0225. The predicted octanol–water partition coefficient (Wildman–Crippen LogP) is 3.59. The molecule has 2 rings (SSSR count). The Labute approximate surface area is 160 Å². The molecule has 2 aromatic carbocycles. The van der Waals surface area contributed by atoms with E-state index in [9.17, 15) is 14.7 Å². The van der Waals surface area contributed by atoms with E-state index in [1.165, 1.54) is 0 Å². The fourth-order valence-electron chi connectivity index (χ4n) is 2.66. The third kappa shape index (κ3) is 6.33. The second-order valence-electron chi connectivity index (χ2n) is 6.59. The first-order valence-corrected chi connectivity index (χ1v) is 9.13. The SMILES string of the molecule is CCNC(=O)c1ccc(C)c(NC(=O)N[C@@H](C)CCc2ccc(O)cc2)c1. The van der Waals surface area contributed by atoms with Gasteiger partial charge in [-0.15, -0.1) is 0 Å². The molecule has 6 heteroatoms. The molecule has 0 radical (unpaired) electrons. The van der Waals surface area contributed by atoms with Crippen LogP contribution in [0.4, 0.5) is 10.5 Å². The van der Waals surface area contributed by atoms with Gasteiger partial charge in [0.2, 0.25) is 0 Å². The molecule has 0 spiro atoms. The highest BCUT2D eigenvalue weighted by atomic mass is 16.3. The Morgan fingerprint density at radius 3 is 2.48 bits per heavy atom. The van der Waals surface area contributed by atoms with Gasteiger partial charge in [0.15, 0.2) is 0 Å². The van der Waals surface area contributed by atoms with E-state index in [2.05, 4.69) is 16.0 Å². The zero-order valence-corrected chi connectivity index (χ0v) is 16.0. The van der Waals surface area contributed by atoms with E-state index >= 15 is 0 Å². The van der Waals surface area contributed by atoms with E-state index in [0.717, 1.165) is 24.0 Å². The van der Waals surface area contributed by atoms with Crippen molar-refractivity contribution in [2.75, 3.05) is 11.9 Å². The van der Waals surface area contributed by atoms with Crippen molar-refractivity contribution in [2.45, 2.75) is 39.7 Å². The van der Waals surface area contributed by atoms with Gasteiger partial charge in [0, 0.05) is 23.8 Å². The number of urea groups is 1. The van der Waals surface area contributed by atoms with Crippen molar-refractivity contribution < 1.29 is 14.7 Å². The molecule has 0 fully saturated rings. The molecule has 3 amide bonds. The lowest BCUT2D eigenvalue weighted by Gasteiger charge is -2.16. The highest BCUT2D eigenvalue weighted by molar-refractivity contribution is 5.97. The van der Waals surface area contributed by atoms with Crippen LogP contribution in [0.25, 0.3) is 0 Å². The first-order chi connectivity index (χ1) is 12.9. The number of hydrogen-bond acceptors (Lipinski definition) is 3. The number of phenolic OH excluding ortho intramolecular Hbond substituents is 1.